The van der Waals surface area contributed by atoms with Crippen molar-refractivity contribution in [2.75, 3.05) is 0 Å². The minimum absolute atomic E-state index is 0.125. The van der Waals surface area contributed by atoms with E-state index in [0.717, 1.165) is 16.6 Å². The number of hydrogen-bond acceptors (Lipinski definition) is 4. The molecule has 3 aromatic heterocycles. The number of carbonyl (C=O) groups is 1. The van der Waals surface area contributed by atoms with E-state index in [0.29, 0.717) is 23.3 Å². The van der Waals surface area contributed by atoms with Crippen LogP contribution < -0.4 is 0 Å². The molecule has 0 spiro atoms. The second-order valence-corrected chi connectivity index (χ2v) is 5.74. The molecule has 0 amide bonds. The molecule has 0 saturated heterocycles. The zero-order valence-electron chi connectivity index (χ0n) is 15.2. The average Bonchev–Trinajstić information content (AvgIpc) is 3.21. The molecule has 0 aliphatic rings. The van der Waals surface area contributed by atoms with Crippen molar-refractivity contribution in [3.05, 3.63) is 59.4 Å². The smallest absolute Gasteiger partial charge is 0.179 e. The largest absolute Gasteiger partial charge is 0.293 e. The summed E-state index contributed by atoms with van der Waals surface area (Å²) in [5.41, 5.74) is 2.97. The number of hydrogen-bond donors (Lipinski definition) is 0. The second kappa shape index (κ2) is 7.03. The molecule has 0 N–H and O–H groups in total. The Labute approximate surface area is 150 Å². The highest BCUT2D eigenvalue weighted by molar-refractivity contribution is 5.92. The summed E-state index contributed by atoms with van der Waals surface area (Å²) in [5, 5.41) is 9.31. The minimum Gasteiger partial charge on any atom is -0.293 e. The third kappa shape index (κ3) is 3.08. The molecule has 4 aromatic rings. The monoisotopic (exact) mass is 353 g/mol. The summed E-state index contributed by atoms with van der Waals surface area (Å²) in [7, 11) is 1.78. The fourth-order valence-electron chi connectivity index (χ4n) is 2.78. The number of aromatic nitrogens is 5. The number of ketones is 1. The lowest BCUT2D eigenvalue weighted by atomic mass is 10.1. The summed E-state index contributed by atoms with van der Waals surface area (Å²) < 4.78 is 17.7. The Bertz CT molecular complexity index is 1100. The molecule has 0 radical (unpaired) electrons. The van der Waals surface area contributed by atoms with E-state index in [4.69, 9.17) is 0 Å². The van der Waals surface area contributed by atoms with Gasteiger partial charge in [0, 0.05) is 31.8 Å². The Hall–Kier alpha value is -3.09. The summed E-state index contributed by atoms with van der Waals surface area (Å²) in [6.45, 7) is 5.46. The normalized spacial score (nSPS) is 10.8. The third-order valence-electron chi connectivity index (χ3n) is 4.08. The highest BCUT2D eigenvalue weighted by Gasteiger charge is 2.13. The first-order valence-corrected chi connectivity index (χ1v) is 8.47. The molecule has 0 bridgehead atoms. The molecule has 7 heteroatoms. The van der Waals surface area contributed by atoms with Gasteiger partial charge in [-0.05, 0) is 23.8 Å². The van der Waals surface area contributed by atoms with Gasteiger partial charge in [-0.25, -0.2) is 13.9 Å². The van der Waals surface area contributed by atoms with E-state index in [1.54, 1.807) is 46.8 Å². The van der Waals surface area contributed by atoms with Gasteiger partial charge in [0.05, 0.1) is 23.6 Å². The van der Waals surface area contributed by atoms with Gasteiger partial charge in [-0.15, -0.1) is 0 Å². The second-order valence-electron chi connectivity index (χ2n) is 5.74. The van der Waals surface area contributed by atoms with Crippen LogP contribution in [0.4, 0.5) is 4.39 Å². The number of nitrogens with zero attached hydrogens (tertiary/aromatic N) is 5. The first-order chi connectivity index (χ1) is 12.5. The van der Waals surface area contributed by atoms with Crippen molar-refractivity contribution in [1.29, 1.82) is 0 Å². The van der Waals surface area contributed by atoms with Crippen molar-refractivity contribution in [3.8, 4) is 0 Å². The van der Waals surface area contributed by atoms with E-state index >= 15 is 0 Å². The average molecular weight is 353 g/mol. The molecule has 1 aromatic carbocycles. The molecule has 0 unspecified atom stereocenters. The predicted molar refractivity (Wildman–Crippen MR) is 97.8 cm³/mol. The SMILES string of the molecule is CC.CC(=O)c1ccc2ncc(Cc3cc4cnn(C)c4cc3F)n2n1. The first kappa shape index (κ1) is 17.7. The molecule has 0 aliphatic heterocycles. The van der Waals surface area contributed by atoms with Crippen LogP contribution >= 0.6 is 0 Å². The van der Waals surface area contributed by atoms with Crippen molar-refractivity contribution < 1.29 is 9.18 Å². The van der Waals surface area contributed by atoms with Crippen LogP contribution in [0, 0.1) is 5.82 Å². The van der Waals surface area contributed by atoms with Gasteiger partial charge >= 0.3 is 0 Å². The van der Waals surface area contributed by atoms with Crippen LogP contribution in [0.3, 0.4) is 0 Å². The Balaban J connectivity index is 0.000000948. The summed E-state index contributed by atoms with van der Waals surface area (Å²) in [5.74, 6) is -0.428. The lowest BCUT2D eigenvalue weighted by Gasteiger charge is -2.05. The van der Waals surface area contributed by atoms with Gasteiger partial charge in [-0.1, -0.05) is 13.8 Å². The lowest BCUT2D eigenvalue weighted by molar-refractivity contribution is 0.101. The number of imidazole rings is 1. The minimum atomic E-state index is -0.302. The summed E-state index contributed by atoms with van der Waals surface area (Å²) in [6.07, 6.45) is 3.68. The molecule has 0 atom stereocenters. The van der Waals surface area contributed by atoms with Crippen molar-refractivity contribution in [3.63, 3.8) is 0 Å². The Morgan fingerprint density at radius 2 is 1.96 bits per heavy atom. The third-order valence-corrected chi connectivity index (χ3v) is 4.08. The van der Waals surface area contributed by atoms with Gasteiger partial charge in [-0.3, -0.25) is 9.48 Å². The Kier molecular flexibility index (Phi) is 4.79. The Morgan fingerprint density at radius 1 is 1.19 bits per heavy atom. The van der Waals surface area contributed by atoms with Crippen LogP contribution in [0.5, 0.6) is 0 Å². The van der Waals surface area contributed by atoms with Gasteiger partial charge in [0.25, 0.3) is 0 Å². The fraction of sp³-hybridized carbons (Fsp3) is 0.263. The van der Waals surface area contributed by atoms with Crippen molar-refractivity contribution in [1.82, 2.24) is 24.4 Å². The zero-order chi connectivity index (χ0) is 18.8. The van der Waals surface area contributed by atoms with Gasteiger partial charge in [0.15, 0.2) is 11.4 Å². The Morgan fingerprint density at radius 3 is 2.69 bits per heavy atom. The van der Waals surface area contributed by atoms with Gasteiger partial charge in [-0.2, -0.15) is 10.2 Å². The topological polar surface area (TPSA) is 65.1 Å². The maximum atomic E-state index is 14.4. The molecule has 6 nitrogen and oxygen atoms in total. The number of halogens is 1. The number of carbonyl (C=O) groups excluding carboxylic acids is 1. The summed E-state index contributed by atoms with van der Waals surface area (Å²) in [6, 6.07) is 6.63. The van der Waals surface area contributed by atoms with Gasteiger partial charge in [0.1, 0.15) is 11.5 Å². The molecular weight excluding hydrogens is 333 g/mol. The maximum absolute atomic E-state index is 14.4. The number of Topliss-reactive ketones (excluding diaryl/α,β-unsaturated/α-hetero) is 1. The van der Waals surface area contributed by atoms with E-state index in [1.807, 2.05) is 13.8 Å². The summed E-state index contributed by atoms with van der Waals surface area (Å²) >= 11 is 0. The molecule has 0 saturated carbocycles. The van der Waals surface area contributed by atoms with E-state index in [2.05, 4.69) is 15.2 Å². The molecule has 0 fully saturated rings. The van der Waals surface area contributed by atoms with Crippen LogP contribution in [0.25, 0.3) is 16.6 Å². The van der Waals surface area contributed by atoms with Crippen LogP contribution in [-0.2, 0) is 13.5 Å². The lowest BCUT2D eigenvalue weighted by Crippen LogP contribution is -2.05. The van der Waals surface area contributed by atoms with Gasteiger partial charge in [0.2, 0.25) is 0 Å². The molecule has 134 valence electrons. The van der Waals surface area contributed by atoms with E-state index in [9.17, 15) is 9.18 Å². The first-order valence-electron chi connectivity index (χ1n) is 8.47. The van der Waals surface area contributed by atoms with Crippen LogP contribution in [0.1, 0.15) is 42.5 Å². The molecular formula is C19H20FN5O. The van der Waals surface area contributed by atoms with Crippen molar-refractivity contribution in [2.24, 2.45) is 7.05 Å². The van der Waals surface area contributed by atoms with Crippen molar-refractivity contribution >= 4 is 22.3 Å². The maximum Gasteiger partial charge on any atom is 0.179 e. The molecule has 3 heterocycles. The zero-order valence-corrected chi connectivity index (χ0v) is 15.2. The van der Waals surface area contributed by atoms with E-state index < -0.39 is 0 Å². The van der Waals surface area contributed by atoms with Gasteiger partial charge < -0.3 is 0 Å². The molecule has 26 heavy (non-hydrogen) atoms. The highest BCUT2D eigenvalue weighted by Crippen LogP contribution is 2.21. The highest BCUT2D eigenvalue weighted by atomic mass is 19.1. The van der Waals surface area contributed by atoms with Crippen LogP contribution in [-0.4, -0.2) is 30.2 Å². The van der Waals surface area contributed by atoms with Crippen molar-refractivity contribution in [2.45, 2.75) is 27.2 Å². The molecule has 4 rings (SSSR count). The van der Waals surface area contributed by atoms with Crippen LogP contribution in [0.2, 0.25) is 0 Å². The fourth-order valence-corrected chi connectivity index (χ4v) is 2.78. The van der Waals surface area contributed by atoms with Crippen LogP contribution in [0.15, 0.2) is 36.7 Å². The number of rotatable bonds is 3. The quantitative estimate of drug-likeness (QED) is 0.528. The standard InChI is InChI=1S/C17H14FN5O.C2H6/c1-10(24)15-3-4-17-19-9-13(23(17)21-15)6-11-5-12-8-20-22(2)16(12)7-14(11)18;1-2/h3-5,7-9H,6H2,1-2H3;1-2H3. The van der Waals surface area contributed by atoms with E-state index in [-0.39, 0.29) is 11.6 Å². The predicted octanol–water partition coefficient (Wildman–Crippen LogP) is 3.57. The van der Waals surface area contributed by atoms with E-state index in [1.165, 1.54) is 13.0 Å². The number of benzene rings is 1. The molecule has 0 aliphatic carbocycles. The number of fused-ring (bicyclic) bond motifs is 2. The summed E-state index contributed by atoms with van der Waals surface area (Å²) in [4.78, 5) is 15.8. The number of aryl methyl sites for hydroxylation is 1.